The second-order valence-corrected chi connectivity index (χ2v) is 5.78. The molecule has 0 bridgehead atoms. The predicted molar refractivity (Wildman–Crippen MR) is 81.2 cm³/mol. The minimum absolute atomic E-state index is 0.381. The summed E-state index contributed by atoms with van der Waals surface area (Å²) in [4.78, 5) is 16.7. The minimum Gasteiger partial charge on any atom is -0.465 e. The zero-order chi connectivity index (χ0) is 15.9. The summed E-state index contributed by atoms with van der Waals surface area (Å²) in [6.07, 6.45) is 2.27. The van der Waals surface area contributed by atoms with E-state index in [9.17, 15) is 4.79 Å². The second kappa shape index (κ2) is 7.48. The Labute approximate surface area is 125 Å². The number of aromatic nitrogens is 1. The fraction of sp³-hybridized carbons (Fsp3) is 0.533. The molecule has 1 aromatic rings. The number of pyridine rings is 1. The van der Waals surface area contributed by atoms with Crippen molar-refractivity contribution in [2.75, 3.05) is 18.4 Å². The Bertz CT molecular complexity index is 500. The van der Waals surface area contributed by atoms with E-state index in [1.807, 2.05) is 26.8 Å². The van der Waals surface area contributed by atoms with Gasteiger partial charge in [0, 0.05) is 24.8 Å². The molecule has 1 amide bonds. The first-order valence-electron chi connectivity index (χ1n) is 6.95. The third-order valence-electron chi connectivity index (χ3n) is 3.05. The van der Waals surface area contributed by atoms with E-state index in [1.165, 1.54) is 11.1 Å². The molecule has 2 N–H and O–H groups in total. The molecule has 6 heteroatoms. The van der Waals surface area contributed by atoms with Crippen molar-refractivity contribution < 1.29 is 9.90 Å². The number of hydrogen-bond acceptors (Lipinski definition) is 4. The fourth-order valence-electron chi connectivity index (χ4n) is 1.89. The van der Waals surface area contributed by atoms with Crippen LogP contribution in [0.2, 0.25) is 0 Å². The van der Waals surface area contributed by atoms with Gasteiger partial charge in [-0.2, -0.15) is 5.26 Å². The first-order chi connectivity index (χ1) is 9.84. The molecular weight excluding hydrogens is 268 g/mol. The molecule has 0 atom stereocenters. The summed E-state index contributed by atoms with van der Waals surface area (Å²) in [6.45, 7) is 6.90. The molecule has 0 aliphatic heterocycles. The Kier molecular flexibility index (Phi) is 5.97. The molecule has 1 heterocycles. The van der Waals surface area contributed by atoms with Gasteiger partial charge in [-0.25, -0.2) is 9.78 Å². The number of nitriles is 1. The maximum atomic E-state index is 11.2. The van der Waals surface area contributed by atoms with Gasteiger partial charge in [-0.05, 0) is 45.7 Å². The van der Waals surface area contributed by atoms with Crippen LogP contribution in [0, 0.1) is 11.3 Å². The molecule has 114 valence electrons. The lowest BCUT2D eigenvalue weighted by molar-refractivity contribution is 0.0993. The molecule has 0 unspecified atom stereocenters. The number of carbonyl (C=O) groups is 1. The number of rotatable bonds is 6. The van der Waals surface area contributed by atoms with Gasteiger partial charge in [0.05, 0.1) is 5.56 Å². The van der Waals surface area contributed by atoms with Crippen LogP contribution >= 0.6 is 0 Å². The van der Waals surface area contributed by atoms with Gasteiger partial charge in [-0.15, -0.1) is 0 Å². The zero-order valence-corrected chi connectivity index (χ0v) is 12.8. The smallest absolute Gasteiger partial charge is 0.407 e. The predicted octanol–water partition coefficient (Wildman–Crippen LogP) is 2.92. The van der Waals surface area contributed by atoms with Crippen molar-refractivity contribution in [1.82, 2.24) is 9.88 Å². The molecule has 0 saturated carbocycles. The highest BCUT2D eigenvalue weighted by Crippen LogP contribution is 2.14. The van der Waals surface area contributed by atoms with E-state index >= 15 is 0 Å². The van der Waals surface area contributed by atoms with Crippen LogP contribution in [0.3, 0.4) is 0 Å². The Morgan fingerprint density at radius 2 is 2.14 bits per heavy atom. The van der Waals surface area contributed by atoms with Crippen molar-refractivity contribution >= 4 is 11.9 Å². The molecular formula is C15H22N4O2. The maximum absolute atomic E-state index is 11.2. The number of nitrogens with zero attached hydrogens (tertiary/aromatic N) is 3. The number of anilines is 1. The van der Waals surface area contributed by atoms with Crippen LogP contribution in [0.15, 0.2) is 18.3 Å². The van der Waals surface area contributed by atoms with Crippen LogP contribution in [0.1, 0.15) is 39.2 Å². The average molecular weight is 290 g/mol. The molecule has 21 heavy (non-hydrogen) atoms. The van der Waals surface area contributed by atoms with Gasteiger partial charge in [0.25, 0.3) is 0 Å². The summed E-state index contributed by atoms with van der Waals surface area (Å²) in [5.74, 6) is 0.722. The Morgan fingerprint density at radius 3 is 2.62 bits per heavy atom. The largest absolute Gasteiger partial charge is 0.465 e. The zero-order valence-electron chi connectivity index (χ0n) is 12.8. The molecule has 0 aromatic carbocycles. The summed E-state index contributed by atoms with van der Waals surface area (Å²) in [7, 11) is 0. The fourth-order valence-corrected chi connectivity index (χ4v) is 1.89. The van der Waals surface area contributed by atoms with Crippen LogP contribution in [-0.4, -0.2) is 39.7 Å². The van der Waals surface area contributed by atoms with Crippen LogP contribution < -0.4 is 5.32 Å². The molecule has 0 aliphatic carbocycles. The quantitative estimate of drug-likeness (QED) is 0.786. The number of unbranched alkanes of at least 4 members (excludes halogenated alkanes) is 1. The van der Waals surface area contributed by atoms with Crippen LogP contribution in [-0.2, 0) is 0 Å². The van der Waals surface area contributed by atoms with E-state index in [0.29, 0.717) is 12.1 Å². The molecule has 1 rings (SSSR count). The average Bonchev–Trinajstić information content (AvgIpc) is 2.41. The van der Waals surface area contributed by atoms with Crippen molar-refractivity contribution in [3.05, 3.63) is 23.9 Å². The number of nitrogens with one attached hydrogen (secondary N) is 1. The van der Waals surface area contributed by atoms with E-state index in [1.54, 1.807) is 12.1 Å². The Morgan fingerprint density at radius 1 is 1.43 bits per heavy atom. The minimum atomic E-state index is -0.885. The molecule has 0 saturated heterocycles. The second-order valence-electron chi connectivity index (χ2n) is 5.78. The van der Waals surface area contributed by atoms with Gasteiger partial charge in [-0.3, -0.25) is 0 Å². The lowest BCUT2D eigenvalue weighted by Crippen LogP contribution is -2.45. The van der Waals surface area contributed by atoms with Gasteiger partial charge in [0.2, 0.25) is 0 Å². The van der Waals surface area contributed by atoms with Gasteiger partial charge in [-0.1, -0.05) is 0 Å². The summed E-state index contributed by atoms with van der Waals surface area (Å²) < 4.78 is 0. The van der Waals surface area contributed by atoms with Crippen molar-refractivity contribution in [1.29, 1.82) is 5.26 Å². The summed E-state index contributed by atoms with van der Waals surface area (Å²) in [6, 6.07) is 5.49. The van der Waals surface area contributed by atoms with E-state index in [-0.39, 0.29) is 5.54 Å². The summed E-state index contributed by atoms with van der Waals surface area (Å²) >= 11 is 0. The lowest BCUT2D eigenvalue weighted by atomic mass is 10.1. The standard InChI is InChI=1S/C15H22N4O2/c1-15(2,3)19(14(20)21)9-5-4-8-17-13-7-6-12(10-16)11-18-13/h6-7,11H,4-5,8-9H2,1-3H3,(H,17,18)(H,20,21). The molecule has 6 nitrogen and oxygen atoms in total. The first kappa shape index (κ1) is 16.8. The summed E-state index contributed by atoms with van der Waals surface area (Å²) in [5, 5.41) is 21.0. The number of amides is 1. The Hall–Kier alpha value is -2.29. The highest BCUT2D eigenvalue weighted by atomic mass is 16.4. The maximum Gasteiger partial charge on any atom is 0.407 e. The topological polar surface area (TPSA) is 89.3 Å². The molecule has 0 fully saturated rings. The van der Waals surface area contributed by atoms with Crippen molar-refractivity contribution in [3.8, 4) is 6.07 Å². The first-order valence-corrected chi connectivity index (χ1v) is 6.95. The third-order valence-corrected chi connectivity index (χ3v) is 3.05. The van der Waals surface area contributed by atoms with Gasteiger partial charge < -0.3 is 15.3 Å². The van der Waals surface area contributed by atoms with Crippen LogP contribution in [0.4, 0.5) is 10.6 Å². The molecule has 0 aliphatic rings. The van der Waals surface area contributed by atoms with Gasteiger partial charge in [0.15, 0.2) is 0 Å². The van der Waals surface area contributed by atoms with Crippen LogP contribution in [0.25, 0.3) is 0 Å². The SMILES string of the molecule is CC(C)(C)N(CCCCNc1ccc(C#N)cn1)C(=O)O. The van der Waals surface area contributed by atoms with E-state index in [2.05, 4.69) is 10.3 Å². The van der Waals surface area contributed by atoms with Gasteiger partial charge in [0.1, 0.15) is 11.9 Å². The molecule has 1 aromatic heterocycles. The highest BCUT2D eigenvalue weighted by Gasteiger charge is 2.25. The lowest BCUT2D eigenvalue weighted by Gasteiger charge is -2.33. The number of hydrogen-bond donors (Lipinski definition) is 2. The molecule has 0 radical (unpaired) electrons. The summed E-state index contributed by atoms with van der Waals surface area (Å²) in [5.41, 5.74) is 0.149. The number of carboxylic acid groups (broad SMARTS) is 1. The normalized spacial score (nSPS) is 10.8. The Balaban J connectivity index is 2.30. The van der Waals surface area contributed by atoms with Crippen molar-refractivity contribution in [3.63, 3.8) is 0 Å². The van der Waals surface area contributed by atoms with E-state index in [0.717, 1.165) is 25.2 Å². The highest BCUT2D eigenvalue weighted by molar-refractivity contribution is 5.65. The third kappa shape index (κ3) is 5.69. The van der Waals surface area contributed by atoms with E-state index < -0.39 is 6.09 Å². The van der Waals surface area contributed by atoms with Crippen molar-refractivity contribution in [2.24, 2.45) is 0 Å². The molecule has 0 spiro atoms. The van der Waals surface area contributed by atoms with Crippen molar-refractivity contribution in [2.45, 2.75) is 39.2 Å². The van der Waals surface area contributed by atoms with E-state index in [4.69, 9.17) is 10.4 Å². The monoisotopic (exact) mass is 290 g/mol. The van der Waals surface area contributed by atoms with Gasteiger partial charge >= 0.3 is 6.09 Å². The van der Waals surface area contributed by atoms with Crippen LogP contribution in [0.5, 0.6) is 0 Å².